The second-order valence-electron chi connectivity index (χ2n) is 5.18. The van der Waals surface area contributed by atoms with Crippen molar-refractivity contribution in [2.45, 2.75) is 25.7 Å². The fraction of sp³-hybridized carbons (Fsp3) is 0.400. The van der Waals surface area contributed by atoms with E-state index >= 15 is 0 Å². The van der Waals surface area contributed by atoms with Gasteiger partial charge in [-0.15, -0.1) is 0 Å². The van der Waals surface area contributed by atoms with Crippen LogP contribution in [0, 0.1) is 23.2 Å². The van der Waals surface area contributed by atoms with Crippen molar-refractivity contribution in [2.75, 3.05) is 5.32 Å². The number of nitrogens with zero attached hydrogens (tertiary/aromatic N) is 1. The first-order valence-corrected chi connectivity index (χ1v) is 7.12. The zero-order valence-corrected chi connectivity index (χ0v) is 12.1. The van der Waals surface area contributed by atoms with Gasteiger partial charge in [0.2, 0.25) is 5.91 Å². The van der Waals surface area contributed by atoms with Gasteiger partial charge < -0.3 is 10.4 Å². The molecule has 0 aromatic heterocycles. The van der Waals surface area contributed by atoms with Crippen LogP contribution in [0.2, 0.25) is 5.02 Å². The summed E-state index contributed by atoms with van der Waals surface area (Å²) in [6, 6.07) is 6.68. The second kappa shape index (κ2) is 6.59. The summed E-state index contributed by atoms with van der Waals surface area (Å²) in [5, 5.41) is 20.8. The lowest BCUT2D eigenvalue weighted by atomic mass is 9.81. The number of aliphatic carboxylic acids is 1. The van der Waals surface area contributed by atoms with E-state index < -0.39 is 5.97 Å². The fourth-order valence-electron chi connectivity index (χ4n) is 2.53. The molecule has 2 N–H and O–H groups in total. The molecular formula is C15H15ClN2O3. The number of amides is 1. The number of nitriles is 1. The lowest BCUT2D eigenvalue weighted by Gasteiger charge is -2.25. The molecule has 0 atom stereocenters. The highest BCUT2D eigenvalue weighted by Gasteiger charge is 2.29. The molecule has 1 aromatic carbocycles. The molecular weight excluding hydrogens is 292 g/mol. The molecule has 0 aliphatic heterocycles. The van der Waals surface area contributed by atoms with Gasteiger partial charge >= 0.3 is 5.97 Å². The lowest BCUT2D eigenvalue weighted by molar-refractivity contribution is -0.143. The van der Waals surface area contributed by atoms with E-state index in [0.717, 1.165) is 0 Å². The minimum absolute atomic E-state index is 0.125. The number of hydrogen-bond donors (Lipinski definition) is 2. The average molecular weight is 307 g/mol. The van der Waals surface area contributed by atoms with E-state index in [1.807, 2.05) is 6.07 Å². The van der Waals surface area contributed by atoms with Gasteiger partial charge in [0.15, 0.2) is 0 Å². The molecule has 0 bridgehead atoms. The van der Waals surface area contributed by atoms with Gasteiger partial charge in [0.25, 0.3) is 0 Å². The normalized spacial score (nSPS) is 21.3. The van der Waals surface area contributed by atoms with E-state index in [1.165, 1.54) is 0 Å². The first-order chi connectivity index (χ1) is 10.0. The van der Waals surface area contributed by atoms with Crippen LogP contribution in [-0.4, -0.2) is 17.0 Å². The maximum absolute atomic E-state index is 12.1. The van der Waals surface area contributed by atoms with Crippen LogP contribution in [0.3, 0.4) is 0 Å². The van der Waals surface area contributed by atoms with Crippen molar-refractivity contribution in [3.63, 3.8) is 0 Å². The Morgan fingerprint density at radius 2 is 1.86 bits per heavy atom. The van der Waals surface area contributed by atoms with Crippen molar-refractivity contribution in [3.8, 4) is 6.07 Å². The number of halogens is 1. The third kappa shape index (κ3) is 3.73. The van der Waals surface area contributed by atoms with Gasteiger partial charge in [0, 0.05) is 11.6 Å². The molecule has 1 aliphatic rings. The van der Waals surface area contributed by atoms with E-state index in [9.17, 15) is 9.59 Å². The summed E-state index contributed by atoms with van der Waals surface area (Å²) in [5.74, 6) is -1.42. The number of carboxylic acids is 1. The van der Waals surface area contributed by atoms with Gasteiger partial charge in [-0.2, -0.15) is 5.26 Å². The molecule has 2 rings (SSSR count). The predicted molar refractivity (Wildman–Crippen MR) is 77.9 cm³/mol. The summed E-state index contributed by atoms with van der Waals surface area (Å²) < 4.78 is 0. The van der Waals surface area contributed by atoms with Crippen LogP contribution >= 0.6 is 11.6 Å². The number of nitrogens with one attached hydrogen (secondary N) is 1. The molecule has 0 radical (unpaired) electrons. The van der Waals surface area contributed by atoms with Gasteiger partial charge in [0.05, 0.1) is 16.5 Å². The van der Waals surface area contributed by atoms with E-state index in [4.69, 9.17) is 22.0 Å². The Hall–Kier alpha value is -2.06. The summed E-state index contributed by atoms with van der Waals surface area (Å²) in [5.41, 5.74) is 0.904. The van der Waals surface area contributed by atoms with Crippen LogP contribution < -0.4 is 5.32 Å². The molecule has 110 valence electrons. The molecule has 0 unspecified atom stereocenters. The molecule has 5 nitrogen and oxygen atoms in total. The quantitative estimate of drug-likeness (QED) is 0.898. The minimum atomic E-state index is -0.785. The Morgan fingerprint density at radius 1 is 1.24 bits per heavy atom. The Bertz CT molecular complexity index is 601. The minimum Gasteiger partial charge on any atom is -0.481 e. The lowest BCUT2D eigenvalue weighted by Crippen LogP contribution is -2.29. The van der Waals surface area contributed by atoms with Crippen LogP contribution in [-0.2, 0) is 9.59 Å². The topological polar surface area (TPSA) is 90.2 Å². The average Bonchev–Trinajstić information content (AvgIpc) is 2.47. The van der Waals surface area contributed by atoms with Gasteiger partial charge in [0.1, 0.15) is 6.07 Å². The summed E-state index contributed by atoms with van der Waals surface area (Å²) >= 11 is 5.91. The zero-order valence-electron chi connectivity index (χ0n) is 11.3. The van der Waals surface area contributed by atoms with E-state index in [-0.39, 0.29) is 17.7 Å². The maximum Gasteiger partial charge on any atom is 0.306 e. The van der Waals surface area contributed by atoms with Gasteiger partial charge in [-0.25, -0.2) is 0 Å². The third-order valence-electron chi connectivity index (χ3n) is 3.80. The molecule has 1 fully saturated rings. The number of rotatable bonds is 3. The SMILES string of the molecule is N#Cc1ccc(NC(=O)C2CCC(C(=O)O)CC2)cc1Cl. The first-order valence-electron chi connectivity index (χ1n) is 6.74. The van der Waals surface area contributed by atoms with Gasteiger partial charge in [-0.05, 0) is 43.9 Å². The number of anilines is 1. The zero-order chi connectivity index (χ0) is 15.4. The summed E-state index contributed by atoms with van der Waals surface area (Å²) in [6.07, 6.45) is 2.21. The van der Waals surface area contributed by atoms with Gasteiger partial charge in [-0.3, -0.25) is 9.59 Å². The summed E-state index contributed by atoms with van der Waals surface area (Å²) in [7, 11) is 0. The third-order valence-corrected chi connectivity index (χ3v) is 4.12. The number of carbonyl (C=O) groups is 2. The number of carbonyl (C=O) groups excluding carboxylic acids is 1. The number of benzene rings is 1. The van der Waals surface area contributed by atoms with Crippen molar-refractivity contribution in [3.05, 3.63) is 28.8 Å². The highest BCUT2D eigenvalue weighted by Crippen LogP contribution is 2.30. The highest BCUT2D eigenvalue weighted by atomic mass is 35.5. The molecule has 0 saturated heterocycles. The number of hydrogen-bond acceptors (Lipinski definition) is 3. The molecule has 1 amide bonds. The predicted octanol–water partition coefficient (Wildman–Crippen LogP) is 3.04. The summed E-state index contributed by atoms with van der Waals surface area (Å²) in [6.45, 7) is 0. The maximum atomic E-state index is 12.1. The van der Waals surface area contributed by atoms with E-state index in [0.29, 0.717) is 42.0 Å². The van der Waals surface area contributed by atoms with E-state index in [1.54, 1.807) is 18.2 Å². The smallest absolute Gasteiger partial charge is 0.306 e. The van der Waals surface area contributed by atoms with Crippen LogP contribution in [0.5, 0.6) is 0 Å². The van der Waals surface area contributed by atoms with Crippen molar-refractivity contribution < 1.29 is 14.7 Å². The standard InChI is InChI=1S/C15H15ClN2O3/c16-13-7-12(6-5-11(13)8-17)18-14(19)9-1-3-10(4-2-9)15(20)21/h5-7,9-10H,1-4H2,(H,18,19)(H,20,21). The Labute approximate surface area is 127 Å². The molecule has 6 heteroatoms. The first kappa shape index (κ1) is 15.3. The second-order valence-corrected chi connectivity index (χ2v) is 5.59. The summed E-state index contributed by atoms with van der Waals surface area (Å²) in [4.78, 5) is 23.0. The monoisotopic (exact) mass is 306 g/mol. The number of carboxylic acid groups (broad SMARTS) is 1. The molecule has 0 heterocycles. The van der Waals surface area contributed by atoms with Gasteiger partial charge in [-0.1, -0.05) is 11.6 Å². The largest absolute Gasteiger partial charge is 0.481 e. The fourth-order valence-corrected chi connectivity index (χ4v) is 2.75. The van der Waals surface area contributed by atoms with Crippen LogP contribution in [0.1, 0.15) is 31.2 Å². The van der Waals surface area contributed by atoms with Crippen molar-refractivity contribution >= 4 is 29.2 Å². The van der Waals surface area contributed by atoms with Crippen molar-refractivity contribution in [1.29, 1.82) is 5.26 Å². The molecule has 21 heavy (non-hydrogen) atoms. The van der Waals surface area contributed by atoms with Crippen LogP contribution in [0.4, 0.5) is 5.69 Å². The van der Waals surface area contributed by atoms with Crippen LogP contribution in [0.15, 0.2) is 18.2 Å². The molecule has 1 aliphatic carbocycles. The Kier molecular flexibility index (Phi) is 4.81. The Morgan fingerprint density at radius 3 is 2.38 bits per heavy atom. The van der Waals surface area contributed by atoms with Crippen LogP contribution in [0.25, 0.3) is 0 Å². The molecule has 0 spiro atoms. The molecule has 1 saturated carbocycles. The van der Waals surface area contributed by atoms with E-state index in [2.05, 4.69) is 5.32 Å². The Balaban J connectivity index is 1.95. The van der Waals surface area contributed by atoms with Crippen molar-refractivity contribution in [2.24, 2.45) is 11.8 Å². The van der Waals surface area contributed by atoms with Crippen molar-refractivity contribution in [1.82, 2.24) is 0 Å². The highest BCUT2D eigenvalue weighted by molar-refractivity contribution is 6.32. The molecule has 1 aromatic rings.